The van der Waals surface area contributed by atoms with Crippen LogP contribution < -0.4 is 5.32 Å². The van der Waals surface area contributed by atoms with Gasteiger partial charge in [-0.25, -0.2) is 0 Å². The Labute approximate surface area is 127 Å². The topological polar surface area (TPSA) is 12.0 Å². The van der Waals surface area contributed by atoms with Crippen molar-refractivity contribution in [1.82, 2.24) is 5.32 Å². The average Bonchev–Trinajstić information content (AvgIpc) is 2.46. The van der Waals surface area contributed by atoms with Gasteiger partial charge in [0, 0.05) is 6.04 Å². The molecule has 0 spiro atoms. The molecular formula is C19H37N. The lowest BCUT2D eigenvalue weighted by molar-refractivity contribution is 0.0819. The van der Waals surface area contributed by atoms with Gasteiger partial charge in [0.1, 0.15) is 0 Å². The van der Waals surface area contributed by atoms with E-state index in [9.17, 15) is 0 Å². The first kappa shape index (κ1) is 16.3. The molecule has 0 aromatic rings. The largest absolute Gasteiger partial charge is 0.314 e. The van der Waals surface area contributed by atoms with Gasteiger partial charge in [-0.3, -0.25) is 0 Å². The Kier molecular flexibility index (Phi) is 6.39. The molecule has 20 heavy (non-hydrogen) atoms. The second kappa shape index (κ2) is 7.82. The SMILES string of the molecule is CCC1CCCC(C2CC(C)CCC2CNC(C)C)C1. The molecule has 1 heteroatoms. The third-order valence-corrected chi connectivity index (χ3v) is 6.10. The maximum absolute atomic E-state index is 3.72. The van der Waals surface area contributed by atoms with Crippen LogP contribution in [0.15, 0.2) is 0 Å². The molecule has 1 nitrogen and oxygen atoms in total. The van der Waals surface area contributed by atoms with Crippen LogP contribution in [0.4, 0.5) is 0 Å². The first-order valence-electron chi connectivity index (χ1n) is 9.33. The highest BCUT2D eigenvalue weighted by Crippen LogP contribution is 2.45. The van der Waals surface area contributed by atoms with E-state index >= 15 is 0 Å². The van der Waals surface area contributed by atoms with E-state index in [1.807, 2.05) is 0 Å². The van der Waals surface area contributed by atoms with Gasteiger partial charge < -0.3 is 5.32 Å². The molecule has 0 radical (unpaired) electrons. The zero-order valence-corrected chi connectivity index (χ0v) is 14.3. The fraction of sp³-hybridized carbons (Fsp3) is 1.00. The van der Waals surface area contributed by atoms with Crippen LogP contribution >= 0.6 is 0 Å². The summed E-state index contributed by atoms with van der Waals surface area (Å²) in [5.74, 6) is 5.01. The minimum absolute atomic E-state index is 0.643. The zero-order valence-electron chi connectivity index (χ0n) is 14.3. The molecule has 2 aliphatic rings. The zero-order chi connectivity index (χ0) is 14.5. The van der Waals surface area contributed by atoms with E-state index in [-0.39, 0.29) is 0 Å². The van der Waals surface area contributed by atoms with Gasteiger partial charge in [0.05, 0.1) is 0 Å². The van der Waals surface area contributed by atoms with Crippen LogP contribution in [0, 0.1) is 29.6 Å². The first-order chi connectivity index (χ1) is 9.60. The standard InChI is InChI=1S/C19H37N/c1-5-16-7-6-8-17(12-16)19-11-15(4)9-10-18(19)13-20-14(2)3/h14-20H,5-13H2,1-4H3. The Morgan fingerprint density at radius 1 is 1.05 bits per heavy atom. The van der Waals surface area contributed by atoms with Gasteiger partial charge >= 0.3 is 0 Å². The van der Waals surface area contributed by atoms with E-state index in [2.05, 4.69) is 33.0 Å². The monoisotopic (exact) mass is 279 g/mol. The van der Waals surface area contributed by atoms with Crippen molar-refractivity contribution in [2.24, 2.45) is 29.6 Å². The van der Waals surface area contributed by atoms with Crippen molar-refractivity contribution < 1.29 is 0 Å². The van der Waals surface area contributed by atoms with Gasteiger partial charge in [-0.2, -0.15) is 0 Å². The van der Waals surface area contributed by atoms with E-state index in [1.165, 1.54) is 57.9 Å². The summed E-state index contributed by atoms with van der Waals surface area (Å²) in [5, 5.41) is 3.72. The van der Waals surface area contributed by atoms with E-state index in [0.717, 1.165) is 29.6 Å². The van der Waals surface area contributed by atoms with Crippen LogP contribution in [-0.2, 0) is 0 Å². The van der Waals surface area contributed by atoms with Gasteiger partial charge in [-0.1, -0.05) is 59.8 Å². The molecular weight excluding hydrogens is 242 g/mol. The molecule has 2 rings (SSSR count). The number of rotatable bonds is 5. The molecule has 0 heterocycles. The molecule has 0 bridgehead atoms. The fourth-order valence-corrected chi connectivity index (χ4v) is 4.80. The Balaban J connectivity index is 1.95. The van der Waals surface area contributed by atoms with Crippen LogP contribution in [0.1, 0.15) is 79.1 Å². The van der Waals surface area contributed by atoms with E-state index < -0.39 is 0 Å². The van der Waals surface area contributed by atoms with Crippen LogP contribution in [0.3, 0.4) is 0 Å². The van der Waals surface area contributed by atoms with Crippen molar-refractivity contribution in [3.05, 3.63) is 0 Å². The quantitative estimate of drug-likeness (QED) is 0.724. The van der Waals surface area contributed by atoms with Gasteiger partial charge in [-0.05, 0) is 55.4 Å². The van der Waals surface area contributed by atoms with Gasteiger partial charge in [0.15, 0.2) is 0 Å². The Morgan fingerprint density at radius 3 is 2.55 bits per heavy atom. The fourth-order valence-electron chi connectivity index (χ4n) is 4.80. The Morgan fingerprint density at radius 2 is 1.85 bits per heavy atom. The molecule has 2 saturated carbocycles. The summed E-state index contributed by atoms with van der Waals surface area (Å²) in [4.78, 5) is 0. The molecule has 1 N–H and O–H groups in total. The molecule has 2 aliphatic carbocycles. The Hall–Kier alpha value is -0.0400. The van der Waals surface area contributed by atoms with Crippen molar-refractivity contribution in [3.8, 4) is 0 Å². The highest BCUT2D eigenvalue weighted by Gasteiger charge is 2.36. The molecule has 5 atom stereocenters. The Bertz CT molecular complexity index is 273. The smallest absolute Gasteiger partial charge is 0.00104 e. The molecule has 2 fully saturated rings. The highest BCUT2D eigenvalue weighted by atomic mass is 14.9. The van der Waals surface area contributed by atoms with Crippen molar-refractivity contribution in [1.29, 1.82) is 0 Å². The van der Waals surface area contributed by atoms with Crippen molar-refractivity contribution in [2.75, 3.05) is 6.54 Å². The average molecular weight is 280 g/mol. The predicted molar refractivity (Wildman–Crippen MR) is 88.9 cm³/mol. The minimum Gasteiger partial charge on any atom is -0.314 e. The first-order valence-corrected chi connectivity index (χ1v) is 9.33. The van der Waals surface area contributed by atoms with Crippen LogP contribution in [0.25, 0.3) is 0 Å². The molecule has 0 amide bonds. The third kappa shape index (κ3) is 4.48. The summed E-state index contributed by atoms with van der Waals surface area (Å²) in [6.45, 7) is 10.7. The van der Waals surface area contributed by atoms with Crippen molar-refractivity contribution in [3.63, 3.8) is 0 Å². The number of hydrogen-bond acceptors (Lipinski definition) is 1. The van der Waals surface area contributed by atoms with E-state index in [0.29, 0.717) is 6.04 Å². The molecule has 118 valence electrons. The normalized spacial score (nSPS) is 39.1. The van der Waals surface area contributed by atoms with E-state index in [4.69, 9.17) is 0 Å². The highest BCUT2D eigenvalue weighted by molar-refractivity contribution is 4.87. The summed E-state index contributed by atoms with van der Waals surface area (Å²) < 4.78 is 0. The molecule has 5 unspecified atom stereocenters. The predicted octanol–water partition coefficient (Wildman–Crippen LogP) is 5.25. The maximum Gasteiger partial charge on any atom is 0.00104 e. The van der Waals surface area contributed by atoms with Crippen molar-refractivity contribution in [2.45, 2.75) is 85.1 Å². The lowest BCUT2D eigenvalue weighted by Crippen LogP contribution is -2.39. The summed E-state index contributed by atoms with van der Waals surface area (Å²) in [7, 11) is 0. The minimum atomic E-state index is 0.643. The second-order valence-corrected chi connectivity index (χ2v) is 8.11. The van der Waals surface area contributed by atoms with Crippen molar-refractivity contribution >= 4 is 0 Å². The maximum atomic E-state index is 3.72. The van der Waals surface area contributed by atoms with Crippen LogP contribution in [-0.4, -0.2) is 12.6 Å². The van der Waals surface area contributed by atoms with Gasteiger partial charge in [-0.15, -0.1) is 0 Å². The molecule has 0 aromatic carbocycles. The molecule has 0 aliphatic heterocycles. The third-order valence-electron chi connectivity index (χ3n) is 6.10. The summed E-state index contributed by atoms with van der Waals surface area (Å²) in [5.41, 5.74) is 0. The summed E-state index contributed by atoms with van der Waals surface area (Å²) in [6, 6.07) is 0.643. The van der Waals surface area contributed by atoms with Crippen LogP contribution in [0.2, 0.25) is 0 Å². The lowest BCUT2D eigenvalue weighted by atomic mass is 9.64. The van der Waals surface area contributed by atoms with Gasteiger partial charge in [0.25, 0.3) is 0 Å². The summed E-state index contributed by atoms with van der Waals surface area (Å²) >= 11 is 0. The summed E-state index contributed by atoms with van der Waals surface area (Å²) in [6.07, 6.45) is 11.9. The number of hydrogen-bond donors (Lipinski definition) is 1. The van der Waals surface area contributed by atoms with Gasteiger partial charge in [0.2, 0.25) is 0 Å². The lowest BCUT2D eigenvalue weighted by Gasteiger charge is -2.43. The molecule has 0 aromatic heterocycles. The molecule has 0 saturated heterocycles. The second-order valence-electron chi connectivity index (χ2n) is 8.11. The number of nitrogens with one attached hydrogen (secondary N) is 1. The van der Waals surface area contributed by atoms with E-state index in [1.54, 1.807) is 0 Å². The van der Waals surface area contributed by atoms with Crippen LogP contribution in [0.5, 0.6) is 0 Å².